The van der Waals surface area contributed by atoms with Crippen LogP contribution in [0.4, 0.5) is 0 Å². The van der Waals surface area contributed by atoms with E-state index in [0.717, 1.165) is 16.9 Å². The number of esters is 1. The smallest absolute Gasteiger partial charge is 0.313 e. The van der Waals surface area contributed by atoms with Crippen molar-refractivity contribution in [2.75, 3.05) is 14.2 Å². The molecule has 18 heavy (non-hydrogen) atoms. The van der Waals surface area contributed by atoms with Crippen LogP contribution in [0, 0.1) is 12.3 Å². The minimum absolute atomic E-state index is 0.316. The van der Waals surface area contributed by atoms with Crippen molar-refractivity contribution in [3.05, 3.63) is 29.3 Å². The number of rotatable bonds is 4. The molecule has 0 radical (unpaired) electrons. The SMILES string of the molecule is COC(=O)C(C)(C)C(N)c1ccc(OC)c(C)c1. The second kappa shape index (κ2) is 5.40. The maximum absolute atomic E-state index is 11.7. The highest BCUT2D eigenvalue weighted by Crippen LogP contribution is 2.34. The molecule has 0 aliphatic heterocycles. The summed E-state index contributed by atoms with van der Waals surface area (Å²) in [5.41, 5.74) is 7.28. The maximum Gasteiger partial charge on any atom is 0.313 e. The van der Waals surface area contributed by atoms with E-state index >= 15 is 0 Å². The van der Waals surface area contributed by atoms with Crippen LogP contribution in [0.1, 0.15) is 31.0 Å². The van der Waals surface area contributed by atoms with Gasteiger partial charge in [-0.05, 0) is 38.0 Å². The third-order valence-corrected chi connectivity index (χ3v) is 3.27. The van der Waals surface area contributed by atoms with Gasteiger partial charge in [0.2, 0.25) is 0 Å². The van der Waals surface area contributed by atoms with E-state index in [2.05, 4.69) is 0 Å². The van der Waals surface area contributed by atoms with E-state index in [-0.39, 0.29) is 5.97 Å². The van der Waals surface area contributed by atoms with Crippen LogP contribution in [-0.4, -0.2) is 20.2 Å². The highest BCUT2D eigenvalue weighted by Gasteiger charge is 2.36. The summed E-state index contributed by atoms with van der Waals surface area (Å²) in [7, 11) is 3.00. The van der Waals surface area contributed by atoms with Gasteiger partial charge in [-0.2, -0.15) is 0 Å². The summed E-state index contributed by atoms with van der Waals surface area (Å²) in [4.78, 5) is 11.7. The number of hydrogen-bond acceptors (Lipinski definition) is 4. The fraction of sp³-hybridized carbons (Fsp3) is 0.500. The van der Waals surface area contributed by atoms with Crippen molar-refractivity contribution >= 4 is 5.97 Å². The number of carbonyl (C=O) groups is 1. The fourth-order valence-corrected chi connectivity index (χ4v) is 1.90. The van der Waals surface area contributed by atoms with Gasteiger partial charge >= 0.3 is 5.97 Å². The van der Waals surface area contributed by atoms with Crippen LogP contribution in [0.5, 0.6) is 5.75 Å². The monoisotopic (exact) mass is 251 g/mol. The summed E-state index contributed by atoms with van der Waals surface area (Å²) in [5, 5.41) is 0. The molecule has 1 aromatic carbocycles. The van der Waals surface area contributed by atoms with Gasteiger partial charge in [-0.25, -0.2) is 0 Å². The summed E-state index contributed by atoms with van der Waals surface area (Å²) in [6.45, 7) is 5.51. The van der Waals surface area contributed by atoms with Crippen LogP contribution in [0.15, 0.2) is 18.2 Å². The zero-order chi connectivity index (χ0) is 13.9. The number of aryl methyl sites for hydroxylation is 1. The number of hydrogen-bond donors (Lipinski definition) is 1. The number of benzene rings is 1. The lowest BCUT2D eigenvalue weighted by Crippen LogP contribution is -2.37. The molecule has 0 aromatic heterocycles. The summed E-state index contributed by atoms with van der Waals surface area (Å²) in [6.07, 6.45) is 0. The lowest BCUT2D eigenvalue weighted by Gasteiger charge is -2.29. The molecule has 0 spiro atoms. The molecule has 1 aromatic rings. The molecule has 1 unspecified atom stereocenters. The number of carbonyl (C=O) groups excluding carboxylic acids is 1. The molecule has 0 aliphatic carbocycles. The minimum atomic E-state index is -0.768. The van der Waals surface area contributed by atoms with E-state index < -0.39 is 11.5 Å². The van der Waals surface area contributed by atoms with Gasteiger partial charge in [0.1, 0.15) is 5.75 Å². The molecule has 0 aliphatic rings. The molecule has 4 nitrogen and oxygen atoms in total. The van der Waals surface area contributed by atoms with Gasteiger partial charge in [0.05, 0.1) is 19.6 Å². The summed E-state index contributed by atoms with van der Waals surface area (Å²) in [5.74, 6) is 0.491. The zero-order valence-electron chi connectivity index (χ0n) is 11.6. The Labute approximate surface area is 108 Å². The third kappa shape index (κ3) is 2.64. The first-order valence-electron chi connectivity index (χ1n) is 5.83. The largest absolute Gasteiger partial charge is 0.496 e. The Morgan fingerprint density at radius 2 is 1.94 bits per heavy atom. The summed E-state index contributed by atoms with van der Waals surface area (Å²) < 4.78 is 9.99. The van der Waals surface area contributed by atoms with E-state index in [1.807, 2.05) is 25.1 Å². The predicted octanol–water partition coefficient (Wildman–Crippen LogP) is 2.20. The second-order valence-corrected chi connectivity index (χ2v) is 4.92. The summed E-state index contributed by atoms with van der Waals surface area (Å²) in [6, 6.07) is 5.25. The average Bonchev–Trinajstić information content (AvgIpc) is 2.36. The van der Waals surface area contributed by atoms with Gasteiger partial charge < -0.3 is 15.2 Å². The van der Waals surface area contributed by atoms with Crippen LogP contribution in [0.3, 0.4) is 0 Å². The van der Waals surface area contributed by atoms with Crippen molar-refractivity contribution in [2.45, 2.75) is 26.8 Å². The Hall–Kier alpha value is -1.55. The Morgan fingerprint density at radius 3 is 2.39 bits per heavy atom. The Balaban J connectivity index is 3.07. The van der Waals surface area contributed by atoms with Crippen LogP contribution in [0.25, 0.3) is 0 Å². The van der Waals surface area contributed by atoms with E-state index in [1.165, 1.54) is 7.11 Å². The van der Waals surface area contributed by atoms with Gasteiger partial charge in [-0.15, -0.1) is 0 Å². The molecule has 2 N–H and O–H groups in total. The molecule has 0 heterocycles. The quantitative estimate of drug-likeness (QED) is 0.833. The normalized spacial score (nSPS) is 13.0. The van der Waals surface area contributed by atoms with Crippen molar-refractivity contribution in [2.24, 2.45) is 11.1 Å². The van der Waals surface area contributed by atoms with Gasteiger partial charge in [0.15, 0.2) is 0 Å². The van der Waals surface area contributed by atoms with Crippen molar-refractivity contribution < 1.29 is 14.3 Å². The van der Waals surface area contributed by atoms with E-state index in [1.54, 1.807) is 21.0 Å². The number of nitrogens with two attached hydrogens (primary N) is 1. The van der Waals surface area contributed by atoms with Gasteiger partial charge in [0.25, 0.3) is 0 Å². The minimum Gasteiger partial charge on any atom is -0.496 e. The van der Waals surface area contributed by atoms with Gasteiger partial charge in [-0.1, -0.05) is 12.1 Å². The van der Waals surface area contributed by atoms with Crippen LogP contribution in [0.2, 0.25) is 0 Å². The molecule has 100 valence electrons. The zero-order valence-corrected chi connectivity index (χ0v) is 11.6. The van der Waals surface area contributed by atoms with Crippen molar-refractivity contribution in [3.63, 3.8) is 0 Å². The standard InChI is InChI=1S/C14H21NO3/c1-9-8-10(6-7-11(9)17-4)12(15)14(2,3)13(16)18-5/h6-8,12H,15H2,1-5H3. The van der Waals surface area contributed by atoms with Crippen LogP contribution >= 0.6 is 0 Å². The molecule has 0 saturated carbocycles. The Morgan fingerprint density at radius 1 is 1.33 bits per heavy atom. The average molecular weight is 251 g/mol. The molecule has 1 atom stereocenters. The molecule has 0 bridgehead atoms. The third-order valence-electron chi connectivity index (χ3n) is 3.27. The maximum atomic E-state index is 11.7. The van der Waals surface area contributed by atoms with Crippen molar-refractivity contribution in [1.29, 1.82) is 0 Å². The highest BCUT2D eigenvalue weighted by molar-refractivity contribution is 5.77. The Bertz CT molecular complexity index is 441. The van der Waals surface area contributed by atoms with Gasteiger partial charge in [-0.3, -0.25) is 4.79 Å². The first kappa shape index (κ1) is 14.5. The van der Waals surface area contributed by atoms with Crippen molar-refractivity contribution in [3.8, 4) is 5.75 Å². The molecular weight excluding hydrogens is 230 g/mol. The molecule has 0 saturated heterocycles. The first-order chi connectivity index (χ1) is 8.34. The van der Waals surface area contributed by atoms with E-state index in [4.69, 9.17) is 15.2 Å². The number of ether oxygens (including phenoxy) is 2. The lowest BCUT2D eigenvalue weighted by atomic mass is 9.80. The van der Waals surface area contributed by atoms with Gasteiger partial charge in [0, 0.05) is 6.04 Å². The highest BCUT2D eigenvalue weighted by atomic mass is 16.5. The summed E-state index contributed by atoms with van der Waals surface area (Å²) >= 11 is 0. The number of methoxy groups -OCH3 is 2. The lowest BCUT2D eigenvalue weighted by molar-refractivity contribution is -0.152. The molecule has 1 rings (SSSR count). The first-order valence-corrected chi connectivity index (χ1v) is 5.83. The fourth-order valence-electron chi connectivity index (χ4n) is 1.90. The molecule has 4 heteroatoms. The van der Waals surface area contributed by atoms with Crippen LogP contribution < -0.4 is 10.5 Å². The molecular formula is C14H21NO3. The molecule has 0 fully saturated rings. The van der Waals surface area contributed by atoms with E-state index in [0.29, 0.717) is 0 Å². The Kier molecular flexibility index (Phi) is 4.35. The van der Waals surface area contributed by atoms with Crippen molar-refractivity contribution in [1.82, 2.24) is 0 Å². The molecule has 0 amide bonds. The topological polar surface area (TPSA) is 61.5 Å². The second-order valence-electron chi connectivity index (χ2n) is 4.92. The van der Waals surface area contributed by atoms with Crippen LogP contribution in [-0.2, 0) is 9.53 Å². The van der Waals surface area contributed by atoms with E-state index in [9.17, 15) is 4.79 Å². The predicted molar refractivity (Wildman–Crippen MR) is 70.5 cm³/mol.